The van der Waals surface area contributed by atoms with Gasteiger partial charge in [0, 0.05) is 16.5 Å². The van der Waals surface area contributed by atoms with Gasteiger partial charge in [0.2, 0.25) is 0 Å². The molecule has 0 saturated carbocycles. The van der Waals surface area contributed by atoms with Crippen LogP contribution in [0, 0.1) is 6.92 Å². The molecule has 5 heteroatoms. The summed E-state index contributed by atoms with van der Waals surface area (Å²) < 4.78 is 0. The molecule has 0 bridgehead atoms. The summed E-state index contributed by atoms with van der Waals surface area (Å²) in [5.74, 6) is -0.127. The van der Waals surface area contributed by atoms with Crippen LogP contribution >= 0.6 is 23.2 Å². The summed E-state index contributed by atoms with van der Waals surface area (Å²) in [6, 6.07) is 13.5. The van der Waals surface area contributed by atoms with Crippen molar-refractivity contribution in [1.29, 1.82) is 0 Å². The largest absolute Gasteiger partial charge is 0.349 e. The predicted octanol–water partition coefficient (Wildman–Crippen LogP) is 4.74. The van der Waals surface area contributed by atoms with Gasteiger partial charge in [-0.15, -0.1) is 0 Å². The van der Waals surface area contributed by atoms with Crippen LogP contribution in [0.25, 0.3) is 0 Å². The molecule has 26 heavy (non-hydrogen) atoms. The van der Waals surface area contributed by atoms with Gasteiger partial charge in [-0.25, -0.2) is 0 Å². The van der Waals surface area contributed by atoms with E-state index < -0.39 is 0 Å². The third kappa shape index (κ3) is 3.90. The molecule has 3 rings (SSSR count). The molecule has 1 fully saturated rings. The molecule has 1 unspecified atom stereocenters. The Labute approximate surface area is 165 Å². The Morgan fingerprint density at radius 1 is 1.12 bits per heavy atom. The average molecular weight is 391 g/mol. The molecule has 2 aromatic carbocycles. The van der Waals surface area contributed by atoms with Gasteiger partial charge in [-0.3, -0.25) is 4.79 Å². The predicted molar refractivity (Wildman–Crippen MR) is 108 cm³/mol. The van der Waals surface area contributed by atoms with Crippen LogP contribution in [0.1, 0.15) is 41.3 Å². The number of carbonyl (C=O) groups excluding carboxylic acids is 1. The van der Waals surface area contributed by atoms with Crippen molar-refractivity contribution in [3.63, 3.8) is 0 Å². The fraction of sp³-hybridized carbons (Fsp3) is 0.381. The summed E-state index contributed by atoms with van der Waals surface area (Å²) in [7, 11) is 0. The van der Waals surface area contributed by atoms with E-state index in [1.54, 1.807) is 6.07 Å². The molecule has 0 spiro atoms. The number of amides is 1. The van der Waals surface area contributed by atoms with Gasteiger partial charge in [0.15, 0.2) is 0 Å². The molecule has 3 nitrogen and oxygen atoms in total. The second-order valence-electron chi connectivity index (χ2n) is 7.09. The van der Waals surface area contributed by atoms with Gasteiger partial charge < -0.3 is 10.6 Å². The number of piperidine rings is 1. The van der Waals surface area contributed by atoms with Gasteiger partial charge in [0.1, 0.15) is 0 Å². The summed E-state index contributed by atoms with van der Waals surface area (Å²) >= 11 is 12.3. The highest BCUT2D eigenvalue weighted by Crippen LogP contribution is 2.37. The first-order valence-electron chi connectivity index (χ1n) is 8.96. The molecular formula is C21H24Cl2N2O. The zero-order chi connectivity index (χ0) is 18.7. The maximum absolute atomic E-state index is 12.9. The number of benzene rings is 2. The molecule has 2 N–H and O–H groups in total. The second-order valence-corrected chi connectivity index (χ2v) is 7.94. The summed E-state index contributed by atoms with van der Waals surface area (Å²) in [6.07, 6.45) is 1.91. The maximum atomic E-state index is 12.9. The Hall–Kier alpha value is -1.55. The van der Waals surface area contributed by atoms with E-state index in [1.807, 2.05) is 31.2 Å². The highest BCUT2D eigenvalue weighted by Gasteiger charge is 2.40. The van der Waals surface area contributed by atoms with E-state index in [9.17, 15) is 4.79 Å². The van der Waals surface area contributed by atoms with E-state index in [-0.39, 0.29) is 17.4 Å². The SMILES string of the molecule is Cc1ccc(Cl)c(C(=O)NC(C)C2(c3ccc(Cl)cc3)CCNCC2)c1. The van der Waals surface area contributed by atoms with Gasteiger partial charge in [0.05, 0.1) is 10.6 Å². The quantitative estimate of drug-likeness (QED) is 0.791. The molecule has 1 aliphatic heterocycles. The average Bonchev–Trinajstić information content (AvgIpc) is 2.64. The highest BCUT2D eigenvalue weighted by atomic mass is 35.5. The summed E-state index contributed by atoms with van der Waals surface area (Å²) in [6.45, 7) is 5.89. The Morgan fingerprint density at radius 2 is 1.77 bits per heavy atom. The van der Waals surface area contributed by atoms with Crippen LogP contribution in [0.4, 0.5) is 0 Å². The fourth-order valence-corrected chi connectivity index (χ4v) is 4.18. The van der Waals surface area contributed by atoms with Crippen LogP contribution in [-0.4, -0.2) is 25.0 Å². The zero-order valence-electron chi connectivity index (χ0n) is 15.1. The molecule has 1 amide bonds. The number of nitrogens with one attached hydrogen (secondary N) is 2. The standard InChI is InChI=1S/C21H24Cl2N2O/c1-14-3-8-19(23)18(13-14)20(26)25-15(2)21(9-11-24-12-10-21)16-4-6-17(22)7-5-16/h3-8,13,15,24H,9-12H2,1-2H3,(H,25,26). The third-order valence-electron chi connectivity index (χ3n) is 5.46. The minimum Gasteiger partial charge on any atom is -0.349 e. The summed E-state index contributed by atoms with van der Waals surface area (Å²) in [4.78, 5) is 12.9. The van der Waals surface area contributed by atoms with Crippen LogP contribution in [0.5, 0.6) is 0 Å². The van der Waals surface area contributed by atoms with Crippen molar-refractivity contribution in [2.24, 2.45) is 0 Å². The number of hydrogen-bond donors (Lipinski definition) is 2. The van der Waals surface area contributed by atoms with Crippen molar-refractivity contribution in [3.05, 3.63) is 69.2 Å². The first-order valence-corrected chi connectivity index (χ1v) is 9.72. The highest BCUT2D eigenvalue weighted by molar-refractivity contribution is 6.33. The van der Waals surface area contributed by atoms with Crippen LogP contribution < -0.4 is 10.6 Å². The van der Waals surface area contributed by atoms with Crippen molar-refractivity contribution in [2.75, 3.05) is 13.1 Å². The molecule has 0 aliphatic carbocycles. The topological polar surface area (TPSA) is 41.1 Å². The van der Waals surface area contributed by atoms with Crippen molar-refractivity contribution < 1.29 is 4.79 Å². The lowest BCUT2D eigenvalue weighted by atomic mass is 9.68. The first-order chi connectivity index (χ1) is 12.4. The fourth-order valence-electron chi connectivity index (χ4n) is 3.85. The smallest absolute Gasteiger partial charge is 0.253 e. The lowest BCUT2D eigenvalue weighted by Gasteiger charge is -2.43. The Balaban J connectivity index is 1.88. The number of hydrogen-bond acceptors (Lipinski definition) is 2. The van der Waals surface area contributed by atoms with Crippen molar-refractivity contribution in [1.82, 2.24) is 10.6 Å². The Kier molecular flexibility index (Phi) is 5.91. The molecule has 1 aliphatic rings. The number of rotatable bonds is 4. The normalized spacial score (nSPS) is 17.5. The molecule has 1 saturated heterocycles. The molecule has 0 radical (unpaired) electrons. The lowest BCUT2D eigenvalue weighted by molar-refractivity contribution is 0.0906. The van der Waals surface area contributed by atoms with E-state index in [0.29, 0.717) is 10.6 Å². The van der Waals surface area contributed by atoms with Crippen LogP contribution in [0.2, 0.25) is 10.0 Å². The number of halogens is 2. The lowest BCUT2D eigenvalue weighted by Crippen LogP contribution is -2.53. The third-order valence-corrected chi connectivity index (χ3v) is 6.04. The summed E-state index contributed by atoms with van der Waals surface area (Å²) in [5, 5.41) is 7.82. The molecular weight excluding hydrogens is 367 g/mol. The van der Waals surface area contributed by atoms with E-state index in [4.69, 9.17) is 23.2 Å². The van der Waals surface area contributed by atoms with Crippen LogP contribution in [0.15, 0.2) is 42.5 Å². The van der Waals surface area contributed by atoms with Crippen molar-refractivity contribution in [3.8, 4) is 0 Å². The van der Waals surface area contributed by atoms with Gasteiger partial charge in [-0.2, -0.15) is 0 Å². The minimum absolute atomic E-state index is 0.0325. The second kappa shape index (κ2) is 7.99. The van der Waals surface area contributed by atoms with Crippen LogP contribution in [-0.2, 0) is 5.41 Å². The minimum atomic E-state index is -0.127. The monoisotopic (exact) mass is 390 g/mol. The van der Waals surface area contributed by atoms with E-state index in [0.717, 1.165) is 36.5 Å². The number of aryl methyl sites for hydroxylation is 1. The van der Waals surface area contributed by atoms with E-state index >= 15 is 0 Å². The Morgan fingerprint density at radius 3 is 2.42 bits per heavy atom. The van der Waals surface area contributed by atoms with Crippen molar-refractivity contribution >= 4 is 29.1 Å². The van der Waals surface area contributed by atoms with Gasteiger partial charge in [0.25, 0.3) is 5.91 Å². The van der Waals surface area contributed by atoms with Gasteiger partial charge >= 0.3 is 0 Å². The van der Waals surface area contributed by atoms with Gasteiger partial charge in [-0.05, 0) is 69.6 Å². The van der Waals surface area contributed by atoms with Gasteiger partial charge in [-0.1, -0.05) is 47.0 Å². The number of carbonyl (C=O) groups is 1. The molecule has 0 aromatic heterocycles. The molecule has 1 atom stereocenters. The summed E-state index contributed by atoms with van der Waals surface area (Å²) in [5.41, 5.74) is 2.63. The molecule has 138 valence electrons. The van der Waals surface area contributed by atoms with Crippen LogP contribution in [0.3, 0.4) is 0 Å². The molecule has 2 aromatic rings. The van der Waals surface area contributed by atoms with E-state index in [2.05, 4.69) is 29.7 Å². The van der Waals surface area contributed by atoms with E-state index in [1.165, 1.54) is 5.56 Å². The molecule has 1 heterocycles. The first kappa shape index (κ1) is 19.2. The maximum Gasteiger partial charge on any atom is 0.253 e. The zero-order valence-corrected chi connectivity index (χ0v) is 16.6. The Bertz CT molecular complexity index is 783. The van der Waals surface area contributed by atoms with Crippen molar-refractivity contribution in [2.45, 2.75) is 38.1 Å².